The first-order chi connectivity index (χ1) is 16.2. The summed E-state index contributed by atoms with van der Waals surface area (Å²) >= 11 is 0. The summed E-state index contributed by atoms with van der Waals surface area (Å²) in [4.78, 5) is 20.8. The van der Waals surface area contributed by atoms with Crippen molar-refractivity contribution in [3.63, 3.8) is 0 Å². The Labute approximate surface area is 192 Å². The first-order valence-electron chi connectivity index (χ1n) is 10.8. The smallest absolute Gasteiger partial charge is 0.338 e. The molecular formula is C26H25N3O4. The number of phenolic OH excluding ortho intramolecular Hbond substituents is 1. The molecule has 2 aromatic heterocycles. The molecule has 0 aliphatic rings. The van der Waals surface area contributed by atoms with Crippen LogP contribution in [0.25, 0.3) is 10.9 Å². The molecule has 33 heavy (non-hydrogen) atoms. The Hall–Kier alpha value is -3.97. The lowest BCUT2D eigenvalue weighted by atomic mass is 9.97. The normalized spacial score (nSPS) is 11.8. The molecule has 0 bridgehead atoms. The minimum absolute atomic E-state index is 0.115. The highest BCUT2D eigenvalue weighted by Crippen LogP contribution is 2.36. The number of rotatable bonds is 9. The van der Waals surface area contributed by atoms with Gasteiger partial charge in [-0.25, -0.2) is 4.79 Å². The van der Waals surface area contributed by atoms with Crippen molar-refractivity contribution in [3.8, 4) is 5.75 Å². The topological polar surface area (TPSA) is 93.6 Å². The van der Waals surface area contributed by atoms with Crippen molar-refractivity contribution in [2.75, 3.05) is 25.1 Å². The number of hydrogen-bond acceptors (Lipinski definition) is 7. The van der Waals surface area contributed by atoms with Gasteiger partial charge in [-0.15, -0.1) is 0 Å². The Morgan fingerprint density at radius 3 is 2.61 bits per heavy atom. The van der Waals surface area contributed by atoms with Gasteiger partial charge >= 0.3 is 5.97 Å². The number of nitrogens with zero attached hydrogens (tertiary/aromatic N) is 2. The molecule has 4 aromatic rings. The quantitative estimate of drug-likeness (QED) is 0.285. The van der Waals surface area contributed by atoms with E-state index in [9.17, 15) is 9.90 Å². The fourth-order valence-electron chi connectivity index (χ4n) is 3.56. The number of aromatic hydroxyl groups is 1. The number of esters is 1. The molecule has 2 heterocycles. The van der Waals surface area contributed by atoms with Gasteiger partial charge in [0, 0.05) is 41.8 Å². The van der Waals surface area contributed by atoms with E-state index >= 15 is 0 Å². The van der Waals surface area contributed by atoms with Crippen molar-refractivity contribution in [2.45, 2.75) is 13.0 Å². The molecule has 0 saturated carbocycles. The number of hydrogen-bond donors (Lipinski definition) is 2. The first-order valence-corrected chi connectivity index (χ1v) is 10.8. The van der Waals surface area contributed by atoms with Gasteiger partial charge in [-0.05, 0) is 48.9 Å². The second-order valence-electron chi connectivity index (χ2n) is 7.35. The van der Waals surface area contributed by atoms with Crippen LogP contribution >= 0.6 is 0 Å². The van der Waals surface area contributed by atoms with Gasteiger partial charge in [-0.3, -0.25) is 9.97 Å². The summed E-state index contributed by atoms with van der Waals surface area (Å²) < 4.78 is 10.4. The molecule has 0 fully saturated rings. The number of pyridine rings is 2. The molecule has 0 saturated heterocycles. The minimum Gasteiger partial charge on any atom is -0.505 e. The van der Waals surface area contributed by atoms with Crippen molar-refractivity contribution < 1.29 is 19.4 Å². The highest BCUT2D eigenvalue weighted by molar-refractivity contribution is 5.90. The second kappa shape index (κ2) is 10.6. The molecule has 7 heteroatoms. The van der Waals surface area contributed by atoms with E-state index in [-0.39, 0.29) is 18.4 Å². The fraction of sp³-hybridized carbons (Fsp3) is 0.192. The number of ether oxygens (including phenoxy) is 2. The van der Waals surface area contributed by atoms with Crippen LogP contribution in [0.15, 0.2) is 79.3 Å². The van der Waals surface area contributed by atoms with Gasteiger partial charge in [0.05, 0.1) is 18.2 Å². The van der Waals surface area contributed by atoms with Gasteiger partial charge in [-0.1, -0.05) is 24.3 Å². The van der Waals surface area contributed by atoms with Crippen LogP contribution in [0.1, 0.15) is 34.5 Å². The van der Waals surface area contributed by atoms with Crippen LogP contribution in [0.2, 0.25) is 0 Å². The average Bonchev–Trinajstić information content (AvgIpc) is 2.87. The number of fused-ring (bicyclic) bond motifs is 1. The van der Waals surface area contributed by atoms with Gasteiger partial charge in [0.15, 0.2) is 0 Å². The Morgan fingerprint density at radius 2 is 1.85 bits per heavy atom. The summed E-state index contributed by atoms with van der Waals surface area (Å²) in [6.45, 7) is 3.06. The standard InChI is InChI=1S/C26H25N3O4/c1-2-32-15-16-33-26(31)19-7-10-21(11-8-19)29-23(20-6-3-13-27-17-20)22-12-9-18-5-4-14-28-24(18)25(22)30/h3-14,17,23,29-30H,2,15-16H2,1H3. The van der Waals surface area contributed by atoms with E-state index in [4.69, 9.17) is 9.47 Å². The third-order valence-corrected chi connectivity index (χ3v) is 5.20. The average molecular weight is 444 g/mol. The van der Waals surface area contributed by atoms with Crippen molar-refractivity contribution >= 4 is 22.6 Å². The highest BCUT2D eigenvalue weighted by Gasteiger charge is 2.20. The van der Waals surface area contributed by atoms with E-state index in [0.29, 0.717) is 29.9 Å². The molecule has 7 nitrogen and oxygen atoms in total. The zero-order valence-electron chi connectivity index (χ0n) is 18.3. The van der Waals surface area contributed by atoms with Crippen LogP contribution < -0.4 is 5.32 Å². The molecule has 0 radical (unpaired) electrons. The van der Waals surface area contributed by atoms with Crippen LogP contribution in [0.3, 0.4) is 0 Å². The van der Waals surface area contributed by atoms with E-state index in [1.54, 1.807) is 42.9 Å². The number of anilines is 1. The maximum Gasteiger partial charge on any atom is 0.338 e. The van der Waals surface area contributed by atoms with Crippen LogP contribution in [0, 0.1) is 0 Å². The minimum atomic E-state index is -0.400. The second-order valence-corrected chi connectivity index (χ2v) is 7.35. The van der Waals surface area contributed by atoms with Gasteiger partial charge < -0.3 is 19.9 Å². The summed E-state index contributed by atoms with van der Waals surface area (Å²) in [5.41, 5.74) is 3.31. The molecule has 168 valence electrons. The van der Waals surface area contributed by atoms with E-state index in [0.717, 1.165) is 16.6 Å². The predicted octanol–water partition coefficient (Wildman–Crippen LogP) is 4.73. The molecular weight excluding hydrogens is 418 g/mol. The van der Waals surface area contributed by atoms with Gasteiger partial charge in [0.25, 0.3) is 0 Å². The molecule has 0 aliphatic heterocycles. The molecule has 1 atom stereocenters. The van der Waals surface area contributed by atoms with Crippen LogP contribution in [0.5, 0.6) is 5.75 Å². The summed E-state index contributed by atoms with van der Waals surface area (Å²) in [7, 11) is 0. The lowest BCUT2D eigenvalue weighted by Gasteiger charge is -2.22. The first kappa shape index (κ1) is 22.2. The largest absolute Gasteiger partial charge is 0.505 e. The third-order valence-electron chi connectivity index (χ3n) is 5.20. The molecule has 0 amide bonds. The molecule has 4 rings (SSSR count). The van der Waals surface area contributed by atoms with Gasteiger partial charge in [0.1, 0.15) is 17.9 Å². The third kappa shape index (κ3) is 5.27. The summed E-state index contributed by atoms with van der Waals surface area (Å²) in [5, 5.41) is 15.3. The Morgan fingerprint density at radius 1 is 1.03 bits per heavy atom. The predicted molar refractivity (Wildman–Crippen MR) is 126 cm³/mol. The Bertz CT molecular complexity index is 1210. The molecule has 2 aromatic carbocycles. The van der Waals surface area contributed by atoms with E-state index in [1.165, 1.54) is 0 Å². The number of aromatic nitrogens is 2. The van der Waals surface area contributed by atoms with E-state index < -0.39 is 5.97 Å². The van der Waals surface area contributed by atoms with Crippen LogP contribution in [-0.4, -0.2) is 40.9 Å². The van der Waals surface area contributed by atoms with E-state index in [1.807, 2.05) is 43.3 Å². The Balaban J connectivity index is 1.59. The number of carbonyl (C=O) groups is 1. The van der Waals surface area contributed by atoms with Crippen LogP contribution in [0.4, 0.5) is 5.69 Å². The van der Waals surface area contributed by atoms with Gasteiger partial charge in [0.2, 0.25) is 0 Å². The number of benzene rings is 2. The van der Waals surface area contributed by atoms with E-state index in [2.05, 4.69) is 15.3 Å². The maximum atomic E-state index is 12.2. The SMILES string of the molecule is CCOCCOC(=O)c1ccc(NC(c2cccnc2)c2ccc3cccnc3c2O)cc1. The van der Waals surface area contributed by atoms with Crippen molar-refractivity contribution in [3.05, 3.63) is 95.9 Å². The molecule has 0 spiro atoms. The number of nitrogens with one attached hydrogen (secondary N) is 1. The molecule has 1 unspecified atom stereocenters. The number of phenols is 1. The number of carbonyl (C=O) groups excluding carboxylic acids is 1. The van der Waals surface area contributed by atoms with Crippen LogP contribution in [-0.2, 0) is 9.47 Å². The lowest BCUT2D eigenvalue weighted by Crippen LogP contribution is -2.14. The molecule has 0 aliphatic carbocycles. The zero-order valence-corrected chi connectivity index (χ0v) is 18.3. The Kier molecular flexibility index (Phi) is 7.12. The summed E-state index contributed by atoms with van der Waals surface area (Å²) in [6, 6.07) is 18.0. The summed E-state index contributed by atoms with van der Waals surface area (Å²) in [6.07, 6.45) is 5.11. The monoisotopic (exact) mass is 443 g/mol. The lowest BCUT2D eigenvalue weighted by molar-refractivity contribution is 0.0335. The fourth-order valence-corrected chi connectivity index (χ4v) is 3.56. The highest BCUT2D eigenvalue weighted by atomic mass is 16.6. The van der Waals surface area contributed by atoms with Gasteiger partial charge in [-0.2, -0.15) is 0 Å². The van der Waals surface area contributed by atoms with Crippen molar-refractivity contribution in [2.24, 2.45) is 0 Å². The van der Waals surface area contributed by atoms with Crippen molar-refractivity contribution in [1.29, 1.82) is 0 Å². The van der Waals surface area contributed by atoms with Crippen molar-refractivity contribution in [1.82, 2.24) is 9.97 Å². The zero-order chi connectivity index (χ0) is 23.0. The molecule has 2 N–H and O–H groups in total. The summed E-state index contributed by atoms with van der Waals surface area (Å²) in [5.74, 6) is -0.285. The maximum absolute atomic E-state index is 12.2.